The van der Waals surface area contributed by atoms with E-state index in [0.717, 1.165) is 17.2 Å². The van der Waals surface area contributed by atoms with Gasteiger partial charge >= 0.3 is 0 Å². The van der Waals surface area contributed by atoms with Gasteiger partial charge in [-0.2, -0.15) is 0 Å². The number of hydrogen-bond donors (Lipinski definition) is 1. The van der Waals surface area contributed by atoms with E-state index in [1.807, 2.05) is 24.3 Å². The van der Waals surface area contributed by atoms with E-state index in [2.05, 4.69) is 19.2 Å². The number of halogens is 1. The van der Waals surface area contributed by atoms with Gasteiger partial charge in [0, 0.05) is 16.8 Å². The minimum atomic E-state index is 0.167. The minimum absolute atomic E-state index is 0.167. The second-order valence-electron chi connectivity index (χ2n) is 6.06. The largest absolute Gasteiger partial charge is 0.352 e. The number of rotatable bonds is 5. The summed E-state index contributed by atoms with van der Waals surface area (Å²) >= 11 is 7.51. The van der Waals surface area contributed by atoms with Crippen molar-refractivity contribution < 1.29 is 4.79 Å². The van der Waals surface area contributed by atoms with Crippen molar-refractivity contribution in [3.63, 3.8) is 0 Å². The third-order valence-electron chi connectivity index (χ3n) is 4.47. The molecule has 0 unspecified atom stereocenters. The Bertz CT molecular complexity index is 462. The summed E-state index contributed by atoms with van der Waals surface area (Å²) in [5, 5.41) is 3.97. The van der Waals surface area contributed by atoms with Gasteiger partial charge in [-0.15, -0.1) is 11.8 Å². The molecule has 116 valence electrons. The Kier molecular flexibility index (Phi) is 6.43. The third kappa shape index (κ3) is 5.23. The molecule has 1 saturated carbocycles. The standard InChI is InChI=1S/C17H24ClNOS/c1-12-4-3-5-16(13(12)2)19-17(20)11-21-10-14-6-8-15(18)9-7-14/h6-9,12-13,16H,3-5,10-11H2,1-2H3,(H,19,20)/t12-,13+,16-/m0/s1. The summed E-state index contributed by atoms with van der Waals surface area (Å²) < 4.78 is 0. The van der Waals surface area contributed by atoms with Crippen LogP contribution in [0.25, 0.3) is 0 Å². The number of carbonyl (C=O) groups is 1. The molecule has 1 aliphatic rings. The Morgan fingerprint density at radius 2 is 2.00 bits per heavy atom. The fourth-order valence-electron chi connectivity index (χ4n) is 2.88. The van der Waals surface area contributed by atoms with Gasteiger partial charge in [0.05, 0.1) is 5.75 Å². The lowest BCUT2D eigenvalue weighted by Gasteiger charge is -2.34. The highest BCUT2D eigenvalue weighted by molar-refractivity contribution is 7.99. The van der Waals surface area contributed by atoms with Crippen LogP contribution in [0.4, 0.5) is 0 Å². The third-order valence-corrected chi connectivity index (χ3v) is 5.72. The van der Waals surface area contributed by atoms with Crippen LogP contribution in [0.15, 0.2) is 24.3 Å². The van der Waals surface area contributed by atoms with Crippen LogP contribution in [0.5, 0.6) is 0 Å². The fraction of sp³-hybridized carbons (Fsp3) is 0.588. The van der Waals surface area contributed by atoms with Crippen LogP contribution in [0, 0.1) is 11.8 Å². The van der Waals surface area contributed by atoms with Crippen LogP contribution < -0.4 is 5.32 Å². The summed E-state index contributed by atoms with van der Waals surface area (Å²) in [5.74, 6) is 2.84. The highest BCUT2D eigenvalue weighted by Gasteiger charge is 2.27. The maximum absolute atomic E-state index is 12.1. The van der Waals surface area contributed by atoms with E-state index >= 15 is 0 Å². The summed E-state index contributed by atoms with van der Waals surface area (Å²) in [6, 6.07) is 8.17. The molecule has 0 bridgehead atoms. The number of benzene rings is 1. The van der Waals surface area contributed by atoms with Crippen LogP contribution in [-0.2, 0) is 10.5 Å². The smallest absolute Gasteiger partial charge is 0.230 e. The van der Waals surface area contributed by atoms with Crippen molar-refractivity contribution in [1.29, 1.82) is 0 Å². The lowest BCUT2D eigenvalue weighted by molar-refractivity contribution is -0.119. The van der Waals surface area contributed by atoms with Crippen molar-refractivity contribution in [2.75, 3.05) is 5.75 Å². The van der Waals surface area contributed by atoms with Crippen LogP contribution in [0.2, 0.25) is 5.02 Å². The molecule has 1 N–H and O–H groups in total. The van der Waals surface area contributed by atoms with Gasteiger partial charge in [0.15, 0.2) is 0 Å². The van der Waals surface area contributed by atoms with Gasteiger partial charge in [-0.1, -0.05) is 50.4 Å². The maximum Gasteiger partial charge on any atom is 0.230 e. The molecule has 21 heavy (non-hydrogen) atoms. The van der Waals surface area contributed by atoms with E-state index in [9.17, 15) is 4.79 Å². The van der Waals surface area contributed by atoms with Gasteiger partial charge in [0.2, 0.25) is 5.91 Å². The van der Waals surface area contributed by atoms with Crippen LogP contribution >= 0.6 is 23.4 Å². The molecule has 4 heteroatoms. The van der Waals surface area contributed by atoms with Crippen molar-refractivity contribution in [3.05, 3.63) is 34.9 Å². The Balaban J connectivity index is 1.71. The van der Waals surface area contributed by atoms with Crippen molar-refractivity contribution in [3.8, 4) is 0 Å². The zero-order valence-electron chi connectivity index (χ0n) is 12.8. The zero-order chi connectivity index (χ0) is 15.2. The van der Waals surface area contributed by atoms with E-state index in [4.69, 9.17) is 11.6 Å². The van der Waals surface area contributed by atoms with Crippen LogP contribution in [-0.4, -0.2) is 17.7 Å². The molecule has 1 aliphatic carbocycles. The van der Waals surface area contributed by atoms with E-state index in [-0.39, 0.29) is 5.91 Å². The molecule has 1 amide bonds. The first-order valence-electron chi connectivity index (χ1n) is 7.68. The van der Waals surface area contributed by atoms with E-state index in [1.165, 1.54) is 18.4 Å². The zero-order valence-corrected chi connectivity index (χ0v) is 14.3. The summed E-state index contributed by atoms with van der Waals surface area (Å²) in [7, 11) is 0. The SMILES string of the molecule is C[C@H]1[C@@H](NC(=O)CSCc2ccc(Cl)cc2)CCC[C@@H]1C. The highest BCUT2D eigenvalue weighted by atomic mass is 35.5. The highest BCUT2D eigenvalue weighted by Crippen LogP contribution is 2.29. The predicted octanol–water partition coefficient (Wildman–Crippen LogP) is 4.51. The molecule has 0 aliphatic heterocycles. The van der Waals surface area contributed by atoms with Crippen LogP contribution in [0.1, 0.15) is 38.7 Å². The lowest BCUT2D eigenvalue weighted by atomic mass is 9.78. The molecule has 1 fully saturated rings. The maximum atomic E-state index is 12.1. The van der Waals surface area contributed by atoms with Gasteiger partial charge < -0.3 is 5.32 Å². The molecule has 0 spiro atoms. The second kappa shape index (κ2) is 8.09. The minimum Gasteiger partial charge on any atom is -0.352 e. The fourth-order valence-corrected chi connectivity index (χ4v) is 3.80. The molecule has 0 heterocycles. The lowest BCUT2D eigenvalue weighted by Crippen LogP contribution is -2.44. The molecular formula is C17H24ClNOS. The molecule has 2 rings (SSSR count). The van der Waals surface area contributed by atoms with Crippen molar-refractivity contribution in [2.45, 2.75) is 44.9 Å². The van der Waals surface area contributed by atoms with Crippen molar-refractivity contribution >= 4 is 29.3 Å². The number of nitrogens with one attached hydrogen (secondary N) is 1. The first kappa shape index (κ1) is 16.7. The van der Waals surface area contributed by atoms with Crippen molar-refractivity contribution in [1.82, 2.24) is 5.32 Å². The molecular weight excluding hydrogens is 302 g/mol. The molecule has 1 aromatic rings. The van der Waals surface area contributed by atoms with Gasteiger partial charge in [-0.05, 0) is 36.0 Å². The van der Waals surface area contributed by atoms with Crippen molar-refractivity contribution in [2.24, 2.45) is 11.8 Å². The predicted molar refractivity (Wildman–Crippen MR) is 91.7 cm³/mol. The molecule has 0 radical (unpaired) electrons. The van der Waals surface area contributed by atoms with Gasteiger partial charge in [-0.3, -0.25) is 4.79 Å². The van der Waals surface area contributed by atoms with Crippen LogP contribution in [0.3, 0.4) is 0 Å². The Morgan fingerprint density at radius 3 is 2.71 bits per heavy atom. The van der Waals surface area contributed by atoms with Gasteiger partial charge in [0.1, 0.15) is 0 Å². The summed E-state index contributed by atoms with van der Waals surface area (Å²) in [6.07, 6.45) is 3.65. The second-order valence-corrected chi connectivity index (χ2v) is 7.48. The Hall–Kier alpha value is -0.670. The Labute approximate surface area is 137 Å². The topological polar surface area (TPSA) is 29.1 Å². The average molecular weight is 326 g/mol. The van der Waals surface area contributed by atoms with E-state index < -0.39 is 0 Å². The molecule has 2 nitrogen and oxygen atoms in total. The van der Waals surface area contributed by atoms with Gasteiger partial charge in [-0.25, -0.2) is 0 Å². The van der Waals surface area contributed by atoms with E-state index in [1.54, 1.807) is 11.8 Å². The summed E-state index contributed by atoms with van der Waals surface area (Å²) in [6.45, 7) is 4.55. The summed E-state index contributed by atoms with van der Waals surface area (Å²) in [4.78, 5) is 12.1. The number of thioether (sulfide) groups is 1. The molecule has 0 aromatic heterocycles. The number of hydrogen-bond acceptors (Lipinski definition) is 2. The monoisotopic (exact) mass is 325 g/mol. The summed E-state index contributed by atoms with van der Waals surface area (Å²) in [5.41, 5.74) is 1.21. The van der Waals surface area contributed by atoms with E-state index in [0.29, 0.717) is 23.6 Å². The van der Waals surface area contributed by atoms with Gasteiger partial charge in [0.25, 0.3) is 0 Å². The number of amides is 1. The Morgan fingerprint density at radius 1 is 1.29 bits per heavy atom. The average Bonchev–Trinajstić information content (AvgIpc) is 2.46. The molecule has 3 atom stereocenters. The normalized spacial score (nSPS) is 25.6. The first-order chi connectivity index (χ1) is 10.1. The quantitative estimate of drug-likeness (QED) is 0.862. The molecule has 0 saturated heterocycles. The first-order valence-corrected chi connectivity index (χ1v) is 9.21. The molecule has 1 aromatic carbocycles. The number of carbonyl (C=O) groups excluding carboxylic acids is 1.